The van der Waals surface area contributed by atoms with Gasteiger partial charge in [-0.05, 0) is 222 Å². The number of alkyl halides is 8. The van der Waals surface area contributed by atoms with Crippen LogP contribution < -0.4 is 18.9 Å². The molecular formula is C104H135F9O12. The molecule has 0 saturated heterocycles. The zero-order valence-electron chi connectivity index (χ0n) is 78.7. The summed E-state index contributed by atoms with van der Waals surface area (Å²) in [4.78, 5) is 43.1. The molecule has 0 spiro atoms. The van der Waals surface area contributed by atoms with Gasteiger partial charge < -0.3 is 39.4 Å². The molecule has 0 saturated carbocycles. The van der Waals surface area contributed by atoms with Crippen molar-refractivity contribution in [2.24, 2.45) is 0 Å². The van der Waals surface area contributed by atoms with Crippen molar-refractivity contribution >= 4 is 46.2 Å². The third-order valence-corrected chi connectivity index (χ3v) is 20.3. The van der Waals surface area contributed by atoms with Crippen molar-refractivity contribution in [3.8, 4) is 34.1 Å². The van der Waals surface area contributed by atoms with Crippen molar-refractivity contribution in [1.82, 2.24) is 0 Å². The number of hydrogen-bond donors (Lipinski definition) is 4. The summed E-state index contributed by atoms with van der Waals surface area (Å²) >= 11 is 0. The van der Waals surface area contributed by atoms with Crippen molar-refractivity contribution < 1.29 is 98.1 Å². The number of carboxylic acids is 4. The van der Waals surface area contributed by atoms with E-state index in [-0.39, 0.29) is 51.2 Å². The van der Waals surface area contributed by atoms with Crippen LogP contribution in [0.15, 0.2) is 192 Å². The van der Waals surface area contributed by atoms with E-state index in [0.29, 0.717) is 67.4 Å². The normalized spacial score (nSPS) is 13.9. The van der Waals surface area contributed by atoms with Gasteiger partial charge in [0, 0.05) is 68.8 Å². The minimum atomic E-state index is -4.45. The maximum atomic E-state index is 14.5. The lowest BCUT2D eigenvalue weighted by Gasteiger charge is -2.32. The van der Waals surface area contributed by atoms with E-state index < -0.39 is 74.3 Å². The molecule has 5 aromatic carbocycles. The maximum Gasteiger partial charge on any atom is 0.422 e. The first-order valence-corrected chi connectivity index (χ1v) is 41.7. The summed E-state index contributed by atoms with van der Waals surface area (Å²) in [5.74, 6) is -2.57. The number of rotatable bonds is 33. The van der Waals surface area contributed by atoms with Crippen LogP contribution in [0.5, 0.6) is 23.0 Å². The van der Waals surface area contributed by atoms with E-state index in [0.717, 1.165) is 104 Å². The molecular weight excluding hydrogens is 1610 g/mol. The van der Waals surface area contributed by atoms with Gasteiger partial charge in [-0.2, -0.15) is 13.2 Å². The number of ether oxygens (including phenoxy) is 4. The number of halogens is 9. The topological polar surface area (TPSA) is 186 Å². The second kappa shape index (κ2) is 48.8. The van der Waals surface area contributed by atoms with Crippen LogP contribution in [0.3, 0.4) is 0 Å². The first kappa shape index (κ1) is 110. The molecule has 21 heteroatoms. The highest BCUT2D eigenvalue weighted by Crippen LogP contribution is 2.47. The minimum Gasteiger partial charge on any atom is -0.490 e. The average Bonchev–Trinajstić information content (AvgIpc) is 0.776. The average molecular weight is 1750 g/mol. The molecule has 125 heavy (non-hydrogen) atoms. The maximum absolute atomic E-state index is 14.5. The van der Waals surface area contributed by atoms with Crippen molar-refractivity contribution in [3.05, 3.63) is 259 Å². The van der Waals surface area contributed by atoms with E-state index in [4.69, 9.17) is 39.4 Å². The van der Waals surface area contributed by atoms with Gasteiger partial charge in [-0.25, -0.2) is 45.5 Å². The van der Waals surface area contributed by atoms with E-state index in [9.17, 15) is 58.7 Å². The van der Waals surface area contributed by atoms with Gasteiger partial charge in [0.15, 0.2) is 6.61 Å². The lowest BCUT2D eigenvalue weighted by molar-refractivity contribution is -0.153. The van der Waals surface area contributed by atoms with E-state index >= 15 is 0 Å². The summed E-state index contributed by atoms with van der Waals surface area (Å²) in [5, 5.41) is 35.3. The SMILES string of the molecule is C/C(=C/C=C/C(C)=C/C(=O)O)c1cc(-c2ccccc2F)cc(C(C)C)c1OCC(C)F.C/C(=C/C=C/C(C)=C/C(=O)O)c1cc(C(C)(C)C)cc(C(C)(C)C)c1OCC(F)(F)F.C/C(=C/C=C/C(C)=C/C(=O)O)c1cc(C(C)(C)C)cc(C(C)(C)C)c1OCC(F)F.CCC(C)(C)c1cc(\C(C)=C/C=C/C(C)=C/C(=O)O)c(OCC(F)F)c(C(C)(C)CC)c1. The fourth-order valence-electron chi connectivity index (χ4n) is 12.2. The second-order valence-corrected chi connectivity index (χ2v) is 36.9. The van der Waals surface area contributed by atoms with Gasteiger partial charge in [-0.3, -0.25) is 0 Å². The van der Waals surface area contributed by atoms with Crippen LogP contribution in [0.4, 0.5) is 39.5 Å². The molecule has 4 N–H and O–H groups in total. The van der Waals surface area contributed by atoms with Gasteiger partial charge >= 0.3 is 30.1 Å². The Labute approximate surface area is 737 Å². The van der Waals surface area contributed by atoms with Crippen LogP contribution in [0.2, 0.25) is 0 Å². The molecule has 0 aliphatic carbocycles. The zero-order chi connectivity index (χ0) is 96.0. The Bertz CT molecular complexity index is 4890. The van der Waals surface area contributed by atoms with Gasteiger partial charge in [-0.15, -0.1) is 0 Å². The van der Waals surface area contributed by atoms with Gasteiger partial charge in [-0.1, -0.05) is 248 Å². The van der Waals surface area contributed by atoms with Crippen LogP contribution in [0, 0.1) is 5.82 Å². The number of hydrogen-bond acceptors (Lipinski definition) is 8. The first-order chi connectivity index (χ1) is 57.4. The molecule has 0 amide bonds. The highest BCUT2D eigenvalue weighted by Gasteiger charge is 2.35. The molecule has 686 valence electrons. The zero-order valence-corrected chi connectivity index (χ0v) is 78.7. The summed E-state index contributed by atoms with van der Waals surface area (Å²) in [7, 11) is 0. The minimum absolute atomic E-state index is 0.0643. The smallest absolute Gasteiger partial charge is 0.422 e. The van der Waals surface area contributed by atoms with Crippen LogP contribution in [-0.2, 0) is 51.7 Å². The fraction of sp³-hybridized carbons (Fsp3) is 0.442. The predicted molar refractivity (Wildman–Crippen MR) is 494 cm³/mol. The Morgan fingerprint density at radius 1 is 0.392 bits per heavy atom. The predicted octanol–water partition coefficient (Wildman–Crippen LogP) is 29.2. The molecule has 5 aromatic rings. The number of aliphatic carboxylic acids is 4. The molecule has 0 heterocycles. The third kappa shape index (κ3) is 38.4. The summed E-state index contributed by atoms with van der Waals surface area (Å²) in [6.45, 7) is 54.1. The van der Waals surface area contributed by atoms with E-state index in [1.165, 1.54) is 13.0 Å². The monoisotopic (exact) mass is 1750 g/mol. The van der Waals surface area contributed by atoms with Crippen LogP contribution in [0.25, 0.3) is 33.4 Å². The molecule has 0 radical (unpaired) electrons. The molecule has 0 aliphatic heterocycles. The fourth-order valence-corrected chi connectivity index (χ4v) is 12.2. The molecule has 0 aromatic heterocycles. The Hall–Kier alpha value is -10.6. The highest BCUT2D eigenvalue weighted by molar-refractivity contribution is 5.84. The van der Waals surface area contributed by atoms with Gasteiger partial charge in [0.1, 0.15) is 54.8 Å². The van der Waals surface area contributed by atoms with Crippen molar-refractivity contribution in [1.29, 1.82) is 0 Å². The number of benzene rings is 5. The summed E-state index contributed by atoms with van der Waals surface area (Å²) < 4.78 is 142. The first-order valence-electron chi connectivity index (χ1n) is 41.7. The number of allylic oxidation sites excluding steroid dienone is 20. The number of carboxylic acid groups (broad SMARTS) is 4. The van der Waals surface area contributed by atoms with Crippen molar-refractivity contribution in [2.45, 2.75) is 277 Å². The molecule has 1 unspecified atom stereocenters. The Kier molecular flexibility index (Phi) is 43.1. The molecule has 0 fully saturated rings. The van der Waals surface area contributed by atoms with E-state index in [2.05, 4.69) is 68.4 Å². The molecule has 1 atom stereocenters. The lowest BCUT2D eigenvalue weighted by Crippen LogP contribution is -2.23. The van der Waals surface area contributed by atoms with Crippen LogP contribution in [0.1, 0.15) is 281 Å². The lowest BCUT2D eigenvalue weighted by atomic mass is 9.74. The van der Waals surface area contributed by atoms with Gasteiger partial charge in [0.2, 0.25) is 0 Å². The number of carbonyl (C=O) groups is 4. The second-order valence-electron chi connectivity index (χ2n) is 36.9. The third-order valence-electron chi connectivity index (χ3n) is 20.3. The molecule has 0 aliphatic rings. The Morgan fingerprint density at radius 3 is 1.00 bits per heavy atom. The van der Waals surface area contributed by atoms with E-state index in [1.54, 1.807) is 108 Å². The quantitative estimate of drug-likeness (QED) is 0.0177. The van der Waals surface area contributed by atoms with Crippen LogP contribution in [-0.4, -0.2) is 95.9 Å². The molecule has 5 rings (SSSR count). The summed E-state index contributed by atoms with van der Waals surface area (Å²) in [6.07, 6.45) is 16.4. The summed E-state index contributed by atoms with van der Waals surface area (Å²) in [5.41, 5.74) is 14.8. The molecule has 0 bridgehead atoms. The van der Waals surface area contributed by atoms with Gasteiger partial charge in [0.25, 0.3) is 12.9 Å². The van der Waals surface area contributed by atoms with Crippen molar-refractivity contribution in [3.63, 3.8) is 0 Å². The molecule has 12 nitrogen and oxygen atoms in total. The largest absolute Gasteiger partial charge is 0.490 e. The van der Waals surface area contributed by atoms with E-state index in [1.807, 2.05) is 158 Å². The Morgan fingerprint density at radius 2 is 0.704 bits per heavy atom. The standard InChI is InChI=1S/C27H30F2O3.C27H38F2O3.C25H33F3O3.C25H34F2O3/c1-17(2)23-14-21(22-11-6-7-12-25(22)29)15-24(27(23)32-16-20(5)28)19(4)10-8-9-18(3)13-26(30)31;1-9-26(5,6)20-15-21(19(4)13-11-12-18(3)14-24(30)31)25(32-17-23(28)29)22(16-20)27(7,8)10-2;1-16(12-21(29)30)10-9-11-17(2)19-13-18(23(3,4)5)14-20(24(6,7)8)22(19)31-15-25(26,27)28;1-16(12-22(28)29)10-9-11-17(2)19-13-18(24(3,4)5)14-20(25(6,7)8)23(19)30-15-21(26)27/h6-15,17,20H,16H2,1-5H3,(H,30,31);11-16,23H,9-10,17H2,1-8H3,(H,30,31);9-14H,15H2,1-8H3,(H,29,30);9-14,21H,15H2,1-8H3,(H,28,29)/b9-8+,18-13+,19-10-;12-11+,18-14+,19-13-;2*10-9+,16-12+,17-11-. The van der Waals surface area contributed by atoms with Gasteiger partial charge in [0.05, 0.1) is 0 Å². The Balaban J connectivity index is 0.000000565. The van der Waals surface area contributed by atoms with Crippen LogP contribution >= 0.6 is 0 Å². The summed E-state index contributed by atoms with van der Waals surface area (Å²) in [6, 6.07) is 22.3. The van der Waals surface area contributed by atoms with Crippen molar-refractivity contribution in [2.75, 3.05) is 26.4 Å². The highest BCUT2D eigenvalue weighted by atomic mass is 19.4.